The van der Waals surface area contributed by atoms with Gasteiger partial charge < -0.3 is 14.8 Å². The van der Waals surface area contributed by atoms with E-state index in [0.717, 1.165) is 22.8 Å². The van der Waals surface area contributed by atoms with Crippen molar-refractivity contribution in [2.75, 3.05) is 32.8 Å². The maximum Gasteiger partial charge on any atom is 0.261 e. The third kappa shape index (κ3) is 12.8. The van der Waals surface area contributed by atoms with Gasteiger partial charge in [-0.3, -0.25) is 4.55 Å². The van der Waals surface area contributed by atoms with Crippen molar-refractivity contribution in [1.29, 1.82) is 0 Å². The van der Waals surface area contributed by atoms with Gasteiger partial charge in [-0.1, -0.05) is 149 Å². The van der Waals surface area contributed by atoms with Gasteiger partial charge in [-0.05, 0) is 101 Å². The minimum Gasteiger partial charge on any atom is -0.496 e. The van der Waals surface area contributed by atoms with Gasteiger partial charge in [0, 0.05) is 29.2 Å². The number of anilines is 1. The zero-order chi connectivity index (χ0) is 41.7. The average molecular weight is 816 g/mol. The van der Waals surface area contributed by atoms with Crippen LogP contribution in [0.4, 0.5) is 5.69 Å². The molecule has 6 rings (SSSR count). The standard InChI is InChI=1S/C35H53O2P.C13H13N.CH4O3S/c1-23(2)26-21-29(24(3)4)33(30(22-26)25(5)6)34-31(36-7)19-20-32(37-8)35(34)38(27-15-11-9-12-16-27)28-17-13-10-14-18-28;1-14-13-10-6-5-9-12(13)11-7-3-2-4-8-11;1-5(2,3)4/h19-25,27-28H,9-18H2,1-8H3;2-10,14H,1H3;1H3,(H,2,3,4). The lowest BCUT2D eigenvalue weighted by molar-refractivity contribution is 0.406. The van der Waals surface area contributed by atoms with Gasteiger partial charge in [0.05, 0.1) is 20.5 Å². The van der Waals surface area contributed by atoms with Gasteiger partial charge in [-0.2, -0.15) is 8.42 Å². The zero-order valence-corrected chi connectivity index (χ0v) is 38.1. The van der Waals surface area contributed by atoms with Gasteiger partial charge >= 0.3 is 0 Å². The molecule has 4 aromatic carbocycles. The number of hydrogen-bond acceptors (Lipinski definition) is 5. The molecule has 0 saturated heterocycles. The maximum absolute atomic E-state index is 9.19. The first-order chi connectivity index (χ1) is 27.2. The number of para-hydroxylation sites is 1. The van der Waals surface area contributed by atoms with Gasteiger partial charge in [-0.15, -0.1) is 0 Å². The Hall–Kier alpha value is -3.38. The summed E-state index contributed by atoms with van der Waals surface area (Å²) in [4.78, 5) is 0. The highest BCUT2D eigenvalue weighted by Gasteiger charge is 2.38. The summed E-state index contributed by atoms with van der Waals surface area (Å²) >= 11 is 0. The van der Waals surface area contributed by atoms with Crippen LogP contribution in [0.25, 0.3) is 22.3 Å². The third-order valence-electron chi connectivity index (χ3n) is 11.4. The Morgan fingerprint density at radius 2 is 1.11 bits per heavy atom. The molecule has 4 aromatic rings. The molecule has 0 heterocycles. The van der Waals surface area contributed by atoms with E-state index < -0.39 is 10.1 Å². The summed E-state index contributed by atoms with van der Waals surface area (Å²) in [7, 11) is 1.66. The van der Waals surface area contributed by atoms with Crippen LogP contribution >= 0.6 is 7.92 Å². The lowest BCUT2D eigenvalue weighted by Crippen LogP contribution is -2.28. The Morgan fingerprint density at radius 1 is 0.649 bits per heavy atom. The summed E-state index contributed by atoms with van der Waals surface area (Å²) in [5.41, 5.74) is 12.4. The Balaban J connectivity index is 0.000000310. The topological polar surface area (TPSA) is 84.9 Å². The molecule has 0 unspecified atom stereocenters. The molecule has 8 heteroatoms. The summed E-state index contributed by atoms with van der Waals surface area (Å²) in [6.07, 6.45) is 14.6. The number of benzene rings is 4. The lowest BCUT2D eigenvalue weighted by atomic mass is 9.81. The van der Waals surface area contributed by atoms with E-state index >= 15 is 0 Å². The molecule has 2 N–H and O–H groups in total. The molecule has 2 aliphatic carbocycles. The smallest absolute Gasteiger partial charge is 0.261 e. The second-order valence-corrected chi connectivity index (χ2v) is 20.8. The first kappa shape index (κ1) is 46.3. The summed E-state index contributed by atoms with van der Waals surface area (Å²) in [6.45, 7) is 14.1. The van der Waals surface area contributed by atoms with Crippen molar-refractivity contribution in [3.05, 3.63) is 95.6 Å². The van der Waals surface area contributed by atoms with Crippen molar-refractivity contribution in [2.24, 2.45) is 0 Å². The largest absolute Gasteiger partial charge is 0.496 e. The van der Waals surface area contributed by atoms with Crippen molar-refractivity contribution in [2.45, 2.75) is 135 Å². The van der Waals surface area contributed by atoms with E-state index in [4.69, 9.17) is 14.0 Å². The van der Waals surface area contributed by atoms with E-state index in [1.807, 2.05) is 33.4 Å². The molecule has 6 nitrogen and oxygen atoms in total. The first-order valence-corrected chi connectivity index (χ1v) is 24.5. The van der Waals surface area contributed by atoms with E-state index in [0.29, 0.717) is 24.0 Å². The quantitative estimate of drug-likeness (QED) is 0.116. The van der Waals surface area contributed by atoms with Crippen LogP contribution in [0.5, 0.6) is 11.5 Å². The van der Waals surface area contributed by atoms with E-state index in [1.165, 1.54) is 114 Å². The van der Waals surface area contributed by atoms with Crippen LogP contribution in [-0.4, -0.2) is 51.8 Å². The van der Waals surface area contributed by atoms with Gasteiger partial charge in [0.15, 0.2) is 0 Å². The average Bonchev–Trinajstić information content (AvgIpc) is 3.21. The molecule has 0 bridgehead atoms. The van der Waals surface area contributed by atoms with Crippen LogP contribution in [0.3, 0.4) is 0 Å². The molecule has 0 atom stereocenters. The Bertz CT molecular complexity index is 1890. The number of hydrogen-bond donors (Lipinski definition) is 2. The fraction of sp³-hybridized carbons (Fsp3) is 0.510. The van der Waals surface area contributed by atoms with Crippen LogP contribution < -0.4 is 20.1 Å². The monoisotopic (exact) mass is 815 g/mol. The molecule has 0 radical (unpaired) electrons. The molecule has 2 aliphatic rings. The number of nitrogens with one attached hydrogen (secondary N) is 1. The highest BCUT2D eigenvalue weighted by Crippen LogP contribution is 2.59. The maximum atomic E-state index is 9.19. The van der Waals surface area contributed by atoms with Crippen molar-refractivity contribution < 1.29 is 22.4 Å². The number of ether oxygens (including phenoxy) is 2. The predicted octanol–water partition coefficient (Wildman–Crippen LogP) is 13.4. The highest BCUT2D eigenvalue weighted by molar-refractivity contribution is 7.85. The van der Waals surface area contributed by atoms with Crippen LogP contribution in [0.1, 0.15) is 140 Å². The van der Waals surface area contributed by atoms with Crippen LogP contribution in [-0.2, 0) is 10.1 Å². The van der Waals surface area contributed by atoms with Crippen molar-refractivity contribution >= 4 is 29.0 Å². The van der Waals surface area contributed by atoms with E-state index in [-0.39, 0.29) is 7.92 Å². The van der Waals surface area contributed by atoms with E-state index in [1.54, 1.807) is 0 Å². The third-order valence-corrected chi connectivity index (χ3v) is 15.0. The van der Waals surface area contributed by atoms with Crippen molar-refractivity contribution in [3.63, 3.8) is 0 Å². The first-order valence-electron chi connectivity index (χ1n) is 21.2. The summed E-state index contributed by atoms with van der Waals surface area (Å²) in [5.74, 6) is 3.50. The van der Waals surface area contributed by atoms with Crippen molar-refractivity contribution in [1.82, 2.24) is 0 Å². The Morgan fingerprint density at radius 3 is 1.54 bits per heavy atom. The molecular formula is C49H70NO5PS. The van der Waals surface area contributed by atoms with Crippen molar-refractivity contribution in [3.8, 4) is 33.8 Å². The Labute approximate surface area is 347 Å². The summed E-state index contributed by atoms with van der Waals surface area (Å²) < 4.78 is 38.4. The molecule has 2 saturated carbocycles. The Kier molecular flexibility index (Phi) is 18.0. The number of rotatable bonds is 11. The SMILES string of the molecule is CNc1ccccc1-c1ccccc1.COc1ccc(OC)c(P(C2CCCCC2)C2CCCCC2)c1-c1c(C(C)C)cc(C(C)C)cc1C(C)C.CS(=O)(=O)O. The second kappa shape index (κ2) is 22.1. The molecular weight excluding hydrogens is 746 g/mol. The molecule has 0 aromatic heterocycles. The molecule has 0 amide bonds. The van der Waals surface area contributed by atoms with Crippen LogP contribution in [0.2, 0.25) is 0 Å². The fourth-order valence-electron chi connectivity index (χ4n) is 8.58. The molecule has 0 aliphatic heterocycles. The van der Waals surface area contributed by atoms with Crippen LogP contribution in [0.15, 0.2) is 78.9 Å². The summed E-state index contributed by atoms with van der Waals surface area (Å²) in [5, 5.41) is 4.71. The highest BCUT2D eigenvalue weighted by atomic mass is 32.2. The van der Waals surface area contributed by atoms with Gasteiger partial charge in [-0.25, -0.2) is 0 Å². The minimum absolute atomic E-state index is 0.373. The van der Waals surface area contributed by atoms with Gasteiger partial charge in [0.1, 0.15) is 11.5 Å². The molecule has 0 spiro atoms. The second-order valence-electron chi connectivity index (χ2n) is 16.6. The van der Waals surface area contributed by atoms with Gasteiger partial charge in [0.2, 0.25) is 0 Å². The van der Waals surface area contributed by atoms with E-state index in [9.17, 15) is 8.42 Å². The van der Waals surface area contributed by atoms with Crippen LogP contribution in [0, 0.1) is 0 Å². The summed E-state index contributed by atoms with van der Waals surface area (Å²) in [6, 6.07) is 28.1. The van der Waals surface area contributed by atoms with Gasteiger partial charge in [0.25, 0.3) is 10.1 Å². The lowest BCUT2D eigenvalue weighted by Gasteiger charge is -2.41. The number of methoxy groups -OCH3 is 2. The molecule has 57 heavy (non-hydrogen) atoms. The molecule has 2 fully saturated rings. The zero-order valence-electron chi connectivity index (χ0n) is 36.4. The molecule has 312 valence electrons. The predicted molar refractivity (Wildman–Crippen MR) is 246 cm³/mol. The minimum atomic E-state index is -3.67. The van der Waals surface area contributed by atoms with E-state index in [2.05, 4.69) is 114 Å². The normalized spacial score (nSPS) is 15.2. The fourth-order valence-corrected chi connectivity index (χ4v) is 12.7.